The van der Waals surface area contributed by atoms with Gasteiger partial charge < -0.3 is 15.4 Å². The van der Waals surface area contributed by atoms with E-state index in [-0.39, 0.29) is 16.9 Å². The van der Waals surface area contributed by atoms with Crippen LogP contribution in [-0.4, -0.2) is 37.7 Å². The number of hydrogen-bond acceptors (Lipinski definition) is 3. The van der Waals surface area contributed by atoms with E-state index in [1.807, 2.05) is 20.8 Å². The molecule has 1 amide bonds. The molecule has 1 saturated heterocycles. The maximum absolute atomic E-state index is 11.4. The number of carbonyl (C=O) groups is 1. The first-order valence-corrected chi connectivity index (χ1v) is 5.40. The average Bonchev–Trinajstić information content (AvgIpc) is 1.97. The largest absolute Gasteiger partial charge is 0.380 e. The van der Waals surface area contributed by atoms with Crippen molar-refractivity contribution >= 4 is 5.91 Å². The van der Waals surface area contributed by atoms with E-state index < -0.39 is 0 Å². The smallest absolute Gasteiger partial charge is 0.234 e. The highest BCUT2D eigenvalue weighted by Gasteiger charge is 2.32. The highest BCUT2D eigenvalue weighted by Crippen LogP contribution is 2.24. The van der Waals surface area contributed by atoms with Gasteiger partial charge in [-0.15, -0.1) is 0 Å². The first-order chi connectivity index (χ1) is 6.81. The standard InChI is InChI=1S/C11H22N2O2/c1-10(2,3)13-9(14)5-12-6-11(4)7-15-8-11/h12H,5-8H2,1-4H3,(H,13,14). The molecule has 1 aliphatic rings. The molecule has 1 aliphatic heterocycles. The number of ether oxygens (including phenoxy) is 1. The van der Waals surface area contributed by atoms with E-state index in [4.69, 9.17) is 4.74 Å². The first kappa shape index (κ1) is 12.5. The topological polar surface area (TPSA) is 50.4 Å². The second-order valence-electron chi connectivity index (χ2n) is 5.71. The summed E-state index contributed by atoms with van der Waals surface area (Å²) in [5, 5.41) is 6.07. The molecule has 2 N–H and O–H groups in total. The second-order valence-corrected chi connectivity index (χ2v) is 5.71. The molecule has 1 fully saturated rings. The second kappa shape index (κ2) is 4.49. The van der Waals surface area contributed by atoms with Crippen LogP contribution in [0.4, 0.5) is 0 Å². The third-order valence-corrected chi connectivity index (χ3v) is 2.25. The van der Waals surface area contributed by atoms with Gasteiger partial charge in [0, 0.05) is 17.5 Å². The third-order valence-electron chi connectivity index (χ3n) is 2.25. The zero-order chi connectivity index (χ0) is 11.5. The zero-order valence-electron chi connectivity index (χ0n) is 10.1. The normalized spacial score (nSPS) is 19.5. The number of hydrogen-bond donors (Lipinski definition) is 2. The van der Waals surface area contributed by atoms with Gasteiger partial charge in [0.15, 0.2) is 0 Å². The van der Waals surface area contributed by atoms with Crippen LogP contribution in [0.25, 0.3) is 0 Å². The van der Waals surface area contributed by atoms with Gasteiger partial charge in [0.2, 0.25) is 5.91 Å². The summed E-state index contributed by atoms with van der Waals surface area (Å²) in [4.78, 5) is 11.4. The van der Waals surface area contributed by atoms with Gasteiger partial charge >= 0.3 is 0 Å². The molecule has 0 aliphatic carbocycles. The lowest BCUT2D eigenvalue weighted by Gasteiger charge is -2.38. The Balaban J connectivity index is 2.12. The molecule has 0 aromatic rings. The van der Waals surface area contributed by atoms with Crippen molar-refractivity contribution in [3.8, 4) is 0 Å². The van der Waals surface area contributed by atoms with Gasteiger partial charge in [0.05, 0.1) is 19.8 Å². The molecular weight excluding hydrogens is 192 g/mol. The van der Waals surface area contributed by atoms with Gasteiger partial charge in [-0.1, -0.05) is 6.92 Å². The van der Waals surface area contributed by atoms with Crippen LogP contribution >= 0.6 is 0 Å². The summed E-state index contributed by atoms with van der Waals surface area (Å²) in [6.07, 6.45) is 0. The van der Waals surface area contributed by atoms with Crippen LogP contribution in [0.1, 0.15) is 27.7 Å². The molecule has 1 rings (SSSR count). The molecule has 0 unspecified atom stereocenters. The average molecular weight is 214 g/mol. The Hall–Kier alpha value is -0.610. The Bertz CT molecular complexity index is 229. The molecule has 0 bridgehead atoms. The monoisotopic (exact) mass is 214 g/mol. The minimum Gasteiger partial charge on any atom is -0.380 e. The summed E-state index contributed by atoms with van der Waals surface area (Å²) in [6, 6.07) is 0. The fourth-order valence-corrected chi connectivity index (χ4v) is 1.49. The summed E-state index contributed by atoms with van der Waals surface area (Å²) in [7, 11) is 0. The maximum Gasteiger partial charge on any atom is 0.234 e. The number of amides is 1. The molecule has 0 atom stereocenters. The predicted octanol–water partition coefficient (Wildman–Crippen LogP) is 0.527. The van der Waals surface area contributed by atoms with Crippen LogP contribution < -0.4 is 10.6 Å². The van der Waals surface area contributed by atoms with E-state index in [0.717, 1.165) is 19.8 Å². The van der Waals surface area contributed by atoms with Gasteiger partial charge in [-0.05, 0) is 20.8 Å². The van der Waals surface area contributed by atoms with Crippen molar-refractivity contribution in [1.29, 1.82) is 0 Å². The van der Waals surface area contributed by atoms with Gasteiger partial charge in [0.25, 0.3) is 0 Å². The minimum absolute atomic E-state index is 0.0475. The maximum atomic E-state index is 11.4. The Morgan fingerprint density at radius 2 is 2.00 bits per heavy atom. The van der Waals surface area contributed by atoms with E-state index in [0.29, 0.717) is 6.54 Å². The van der Waals surface area contributed by atoms with Crippen molar-refractivity contribution in [2.75, 3.05) is 26.3 Å². The molecule has 0 aromatic carbocycles. The fraction of sp³-hybridized carbons (Fsp3) is 0.909. The highest BCUT2D eigenvalue weighted by molar-refractivity contribution is 5.78. The molecular formula is C11H22N2O2. The number of nitrogens with one attached hydrogen (secondary N) is 2. The molecule has 4 heteroatoms. The number of rotatable bonds is 4. The van der Waals surface area contributed by atoms with Crippen molar-refractivity contribution in [3.63, 3.8) is 0 Å². The molecule has 0 spiro atoms. The van der Waals surface area contributed by atoms with Crippen LogP contribution in [0.5, 0.6) is 0 Å². The zero-order valence-corrected chi connectivity index (χ0v) is 10.1. The van der Waals surface area contributed by atoms with Crippen molar-refractivity contribution in [1.82, 2.24) is 10.6 Å². The molecule has 0 radical (unpaired) electrons. The van der Waals surface area contributed by atoms with E-state index in [9.17, 15) is 4.79 Å². The lowest BCUT2D eigenvalue weighted by Crippen LogP contribution is -2.50. The van der Waals surface area contributed by atoms with Crippen molar-refractivity contribution in [2.45, 2.75) is 33.2 Å². The minimum atomic E-state index is -0.151. The molecule has 0 aromatic heterocycles. The summed E-state index contributed by atoms with van der Waals surface area (Å²) >= 11 is 0. The quantitative estimate of drug-likeness (QED) is 0.717. The molecule has 15 heavy (non-hydrogen) atoms. The Morgan fingerprint density at radius 1 is 1.40 bits per heavy atom. The van der Waals surface area contributed by atoms with E-state index >= 15 is 0 Å². The molecule has 4 nitrogen and oxygen atoms in total. The van der Waals surface area contributed by atoms with Gasteiger partial charge in [0.1, 0.15) is 0 Å². The van der Waals surface area contributed by atoms with Crippen LogP contribution in [-0.2, 0) is 9.53 Å². The van der Waals surface area contributed by atoms with Gasteiger partial charge in [-0.2, -0.15) is 0 Å². The summed E-state index contributed by atoms with van der Waals surface area (Å²) in [6.45, 7) is 10.9. The number of carbonyl (C=O) groups excluding carboxylic acids is 1. The molecule has 1 heterocycles. The van der Waals surface area contributed by atoms with E-state index in [2.05, 4.69) is 17.6 Å². The molecule has 0 saturated carbocycles. The van der Waals surface area contributed by atoms with Gasteiger partial charge in [-0.25, -0.2) is 0 Å². The van der Waals surface area contributed by atoms with E-state index in [1.165, 1.54) is 0 Å². The Morgan fingerprint density at radius 3 is 2.40 bits per heavy atom. The van der Waals surface area contributed by atoms with Crippen LogP contribution in [0, 0.1) is 5.41 Å². The summed E-state index contributed by atoms with van der Waals surface area (Å²) in [5.74, 6) is 0.0475. The van der Waals surface area contributed by atoms with Crippen molar-refractivity contribution in [2.24, 2.45) is 5.41 Å². The van der Waals surface area contributed by atoms with Gasteiger partial charge in [-0.3, -0.25) is 4.79 Å². The summed E-state index contributed by atoms with van der Waals surface area (Å²) < 4.78 is 5.14. The fourth-order valence-electron chi connectivity index (χ4n) is 1.49. The first-order valence-electron chi connectivity index (χ1n) is 5.40. The lowest BCUT2D eigenvalue weighted by atomic mass is 9.89. The van der Waals surface area contributed by atoms with E-state index in [1.54, 1.807) is 0 Å². The van der Waals surface area contributed by atoms with Crippen LogP contribution in [0.15, 0.2) is 0 Å². The summed E-state index contributed by atoms with van der Waals surface area (Å²) in [5.41, 5.74) is 0.0737. The van der Waals surface area contributed by atoms with Crippen LogP contribution in [0.2, 0.25) is 0 Å². The Kier molecular flexibility index (Phi) is 3.73. The van der Waals surface area contributed by atoms with Crippen LogP contribution in [0.3, 0.4) is 0 Å². The predicted molar refractivity (Wildman–Crippen MR) is 59.7 cm³/mol. The van der Waals surface area contributed by atoms with Crippen molar-refractivity contribution < 1.29 is 9.53 Å². The van der Waals surface area contributed by atoms with Crippen molar-refractivity contribution in [3.05, 3.63) is 0 Å². The third kappa shape index (κ3) is 4.62. The SMILES string of the molecule is CC1(CNCC(=O)NC(C)(C)C)COC1. The molecule has 88 valence electrons. The Labute approximate surface area is 91.8 Å². The lowest BCUT2D eigenvalue weighted by molar-refractivity contribution is -0.122. The highest BCUT2D eigenvalue weighted by atomic mass is 16.5.